The van der Waals surface area contributed by atoms with Crippen molar-refractivity contribution in [3.63, 3.8) is 0 Å². The highest BCUT2D eigenvalue weighted by molar-refractivity contribution is 5.86. The lowest BCUT2D eigenvalue weighted by molar-refractivity contribution is -0.143. The summed E-state index contributed by atoms with van der Waals surface area (Å²) in [4.78, 5) is 24.9. The van der Waals surface area contributed by atoms with E-state index in [-0.39, 0.29) is 30.4 Å². The standard InChI is InChI=1S/C13H18N2O4/c1-9-6-15(7-10(2)19-9)12(16)8-14-5-3-4-11(14)13(17)18/h3-5,9-10H,6-8H2,1-2H3,(H,17,18)/t9-,10+. The molecule has 2 rings (SSSR count). The smallest absolute Gasteiger partial charge is 0.352 e. The van der Waals surface area contributed by atoms with Crippen LogP contribution in [0.5, 0.6) is 0 Å². The zero-order valence-electron chi connectivity index (χ0n) is 11.1. The van der Waals surface area contributed by atoms with Crippen molar-refractivity contribution in [1.29, 1.82) is 0 Å². The van der Waals surface area contributed by atoms with Crippen molar-refractivity contribution >= 4 is 11.9 Å². The quantitative estimate of drug-likeness (QED) is 0.879. The first-order valence-electron chi connectivity index (χ1n) is 6.29. The summed E-state index contributed by atoms with van der Waals surface area (Å²) in [6.45, 7) is 5.00. The number of amides is 1. The summed E-state index contributed by atoms with van der Waals surface area (Å²) in [6, 6.07) is 3.11. The number of aromatic nitrogens is 1. The van der Waals surface area contributed by atoms with Gasteiger partial charge in [-0.2, -0.15) is 0 Å². The van der Waals surface area contributed by atoms with Crippen molar-refractivity contribution in [3.8, 4) is 0 Å². The number of ether oxygens (including phenoxy) is 1. The van der Waals surface area contributed by atoms with Crippen molar-refractivity contribution in [3.05, 3.63) is 24.0 Å². The Bertz CT molecular complexity index is 473. The third-order valence-corrected chi connectivity index (χ3v) is 3.13. The summed E-state index contributed by atoms with van der Waals surface area (Å²) in [6.07, 6.45) is 1.63. The Morgan fingerprint density at radius 3 is 2.58 bits per heavy atom. The number of rotatable bonds is 3. The van der Waals surface area contributed by atoms with E-state index in [0.29, 0.717) is 13.1 Å². The molecule has 1 aliphatic heterocycles. The van der Waals surface area contributed by atoms with Gasteiger partial charge in [-0.3, -0.25) is 4.79 Å². The number of nitrogens with zero attached hydrogens (tertiary/aromatic N) is 2. The minimum absolute atomic E-state index is 0.0105. The molecular formula is C13H18N2O4. The van der Waals surface area contributed by atoms with E-state index in [0.717, 1.165) is 0 Å². The molecule has 1 aromatic heterocycles. The van der Waals surface area contributed by atoms with Gasteiger partial charge in [0, 0.05) is 19.3 Å². The molecule has 1 aromatic rings. The van der Waals surface area contributed by atoms with Crippen molar-refractivity contribution in [2.45, 2.75) is 32.6 Å². The molecule has 1 N–H and O–H groups in total. The van der Waals surface area contributed by atoms with Crippen LogP contribution in [0.1, 0.15) is 24.3 Å². The minimum Gasteiger partial charge on any atom is -0.477 e. The van der Waals surface area contributed by atoms with Gasteiger partial charge in [-0.25, -0.2) is 4.79 Å². The number of carbonyl (C=O) groups is 2. The second-order valence-electron chi connectivity index (χ2n) is 4.88. The maximum atomic E-state index is 12.2. The predicted octanol–water partition coefficient (Wildman–Crippen LogP) is 0.822. The monoisotopic (exact) mass is 266 g/mol. The van der Waals surface area contributed by atoms with Gasteiger partial charge in [0.1, 0.15) is 12.2 Å². The van der Waals surface area contributed by atoms with E-state index in [1.165, 1.54) is 10.6 Å². The number of morpholine rings is 1. The Kier molecular flexibility index (Phi) is 3.90. The summed E-state index contributed by atoms with van der Waals surface area (Å²) in [5.74, 6) is -1.11. The summed E-state index contributed by atoms with van der Waals surface area (Å²) in [5, 5.41) is 9.00. The molecule has 1 aliphatic rings. The molecule has 1 saturated heterocycles. The third-order valence-electron chi connectivity index (χ3n) is 3.13. The van der Waals surface area contributed by atoms with Crippen LogP contribution in [0.3, 0.4) is 0 Å². The lowest BCUT2D eigenvalue weighted by atomic mass is 10.2. The molecule has 0 unspecified atom stereocenters. The number of hydrogen-bond donors (Lipinski definition) is 1. The summed E-state index contributed by atoms with van der Waals surface area (Å²) in [5.41, 5.74) is 0.128. The largest absolute Gasteiger partial charge is 0.477 e. The van der Waals surface area contributed by atoms with Crippen molar-refractivity contribution < 1.29 is 19.4 Å². The normalized spacial score (nSPS) is 23.4. The first-order valence-corrected chi connectivity index (χ1v) is 6.29. The van der Waals surface area contributed by atoms with E-state index in [9.17, 15) is 9.59 Å². The van der Waals surface area contributed by atoms with Gasteiger partial charge in [0.15, 0.2) is 0 Å². The molecular weight excluding hydrogens is 248 g/mol. The van der Waals surface area contributed by atoms with E-state index in [2.05, 4.69) is 0 Å². The van der Waals surface area contributed by atoms with Gasteiger partial charge in [-0.1, -0.05) is 0 Å². The molecule has 1 fully saturated rings. The average Bonchev–Trinajstić information content (AvgIpc) is 2.75. The van der Waals surface area contributed by atoms with E-state index in [1.807, 2.05) is 13.8 Å². The van der Waals surface area contributed by atoms with Crippen LogP contribution in [0.15, 0.2) is 18.3 Å². The lowest BCUT2D eigenvalue weighted by Crippen LogP contribution is -2.49. The molecule has 0 saturated carbocycles. The van der Waals surface area contributed by atoms with E-state index < -0.39 is 5.97 Å². The third kappa shape index (κ3) is 3.14. The minimum atomic E-state index is -1.03. The summed E-state index contributed by atoms with van der Waals surface area (Å²) in [7, 11) is 0. The van der Waals surface area contributed by atoms with Crippen LogP contribution < -0.4 is 0 Å². The molecule has 0 bridgehead atoms. The molecule has 1 amide bonds. The molecule has 104 valence electrons. The van der Waals surface area contributed by atoms with E-state index >= 15 is 0 Å². The number of carbonyl (C=O) groups excluding carboxylic acids is 1. The van der Waals surface area contributed by atoms with Crippen LogP contribution in [0, 0.1) is 0 Å². The first-order chi connectivity index (χ1) is 8.97. The van der Waals surface area contributed by atoms with Gasteiger partial charge in [-0.15, -0.1) is 0 Å². The molecule has 6 nitrogen and oxygen atoms in total. The molecule has 2 heterocycles. The Morgan fingerprint density at radius 1 is 1.37 bits per heavy atom. The second-order valence-corrected chi connectivity index (χ2v) is 4.88. The van der Waals surface area contributed by atoms with Gasteiger partial charge in [0.05, 0.1) is 12.2 Å². The first kappa shape index (κ1) is 13.6. The highest BCUT2D eigenvalue weighted by Gasteiger charge is 2.26. The summed E-state index contributed by atoms with van der Waals surface area (Å²) < 4.78 is 7.02. The Labute approximate surface area is 111 Å². The number of carboxylic acid groups (broad SMARTS) is 1. The van der Waals surface area contributed by atoms with Crippen molar-refractivity contribution in [2.24, 2.45) is 0 Å². The van der Waals surface area contributed by atoms with Crippen LogP contribution in [0.25, 0.3) is 0 Å². The predicted molar refractivity (Wildman–Crippen MR) is 68.0 cm³/mol. The Morgan fingerprint density at radius 2 is 2.00 bits per heavy atom. The highest BCUT2D eigenvalue weighted by Crippen LogP contribution is 2.12. The van der Waals surface area contributed by atoms with Crippen LogP contribution in [0.2, 0.25) is 0 Å². The van der Waals surface area contributed by atoms with Gasteiger partial charge in [0.2, 0.25) is 5.91 Å². The number of aromatic carboxylic acids is 1. The van der Waals surface area contributed by atoms with Crippen LogP contribution in [0.4, 0.5) is 0 Å². The topological polar surface area (TPSA) is 71.8 Å². The van der Waals surface area contributed by atoms with Crippen LogP contribution >= 0.6 is 0 Å². The Balaban J connectivity index is 2.04. The Hall–Kier alpha value is -1.82. The average molecular weight is 266 g/mol. The molecule has 19 heavy (non-hydrogen) atoms. The van der Waals surface area contributed by atoms with Crippen molar-refractivity contribution in [2.75, 3.05) is 13.1 Å². The fourth-order valence-corrected chi connectivity index (χ4v) is 2.37. The van der Waals surface area contributed by atoms with Gasteiger partial charge >= 0.3 is 5.97 Å². The van der Waals surface area contributed by atoms with Crippen molar-refractivity contribution in [1.82, 2.24) is 9.47 Å². The zero-order valence-corrected chi connectivity index (χ0v) is 11.1. The molecule has 0 spiro atoms. The molecule has 6 heteroatoms. The van der Waals surface area contributed by atoms with Crippen LogP contribution in [-0.4, -0.2) is 51.7 Å². The molecule has 0 radical (unpaired) electrons. The van der Waals surface area contributed by atoms with Gasteiger partial charge in [0.25, 0.3) is 0 Å². The SMILES string of the molecule is C[C@@H]1CN(C(=O)Cn2cccc2C(=O)O)C[C@H](C)O1. The van der Waals surface area contributed by atoms with Crippen LogP contribution in [-0.2, 0) is 16.1 Å². The maximum absolute atomic E-state index is 12.2. The highest BCUT2D eigenvalue weighted by atomic mass is 16.5. The van der Waals surface area contributed by atoms with E-state index in [1.54, 1.807) is 17.2 Å². The maximum Gasteiger partial charge on any atom is 0.352 e. The summed E-state index contributed by atoms with van der Waals surface area (Å²) >= 11 is 0. The number of carboxylic acids is 1. The molecule has 2 atom stereocenters. The fourth-order valence-electron chi connectivity index (χ4n) is 2.37. The number of hydrogen-bond acceptors (Lipinski definition) is 3. The van der Waals surface area contributed by atoms with E-state index in [4.69, 9.17) is 9.84 Å². The second kappa shape index (κ2) is 5.44. The molecule has 0 aliphatic carbocycles. The fraction of sp³-hybridized carbons (Fsp3) is 0.538. The van der Waals surface area contributed by atoms with Gasteiger partial charge in [-0.05, 0) is 26.0 Å². The van der Waals surface area contributed by atoms with Gasteiger partial charge < -0.3 is 19.3 Å². The lowest BCUT2D eigenvalue weighted by Gasteiger charge is -2.35. The zero-order chi connectivity index (χ0) is 14.0. The molecule has 0 aromatic carbocycles.